The van der Waals surface area contributed by atoms with Crippen LogP contribution in [0.2, 0.25) is 0 Å². The number of hydrogen-bond acceptors (Lipinski definition) is 23. The summed E-state index contributed by atoms with van der Waals surface area (Å²) in [6.07, 6.45) is -3.78. The lowest BCUT2D eigenvalue weighted by Gasteiger charge is -2.19. The van der Waals surface area contributed by atoms with Gasteiger partial charge in [-0.1, -0.05) is 97.9 Å². The van der Waals surface area contributed by atoms with Crippen LogP contribution in [-0.4, -0.2) is 169 Å². The highest BCUT2D eigenvalue weighted by Crippen LogP contribution is 2.16. The molecule has 4 unspecified atom stereocenters. The standard InChI is InChI=1S/2C7H10O6.C7H10O5.C7H8O5.C7H6O2.C7H8.C6H6.4CO2.CH4/c1-4(8)2-7(13,6(11)12)3-5(9)10;1-3(8)6(11)4(7(12)13)2-5(9)10;2*1-4(8)2-5(7(11)12)3-6(9)10;8-7(9)6-4-2-1-3-5-6;1-7-5-3-2-4-6-7;1-2-4-6-5-3-1;4*2-1-3;/h13H,2-3H2,1H3,(H,9,10)(H,11,12);4,6,11H,2H2,1H3,(H,9,10)(H,12,13);5H,2-3H2,1H3,(H,9,10)(H,11,12);3H,2H2,1H3,(H,9,10)(H,11,12);1-5H,(H,8,9);2-6H,1H3;1-6H;;;;;1H4/b;;;5-3-;;;;;;;;. The van der Waals surface area contributed by atoms with E-state index in [2.05, 4.69) is 19.1 Å². The molecule has 3 rings (SSSR count). The Labute approximate surface area is 481 Å². The lowest BCUT2D eigenvalue weighted by atomic mass is 9.94. The smallest absolute Gasteiger partial charge is 0.373 e. The predicted octanol–water partition coefficient (Wildman–Crippen LogP) is 1.94. The van der Waals surface area contributed by atoms with Crippen molar-refractivity contribution in [2.24, 2.45) is 11.8 Å². The molecule has 0 aromatic heterocycles. The van der Waals surface area contributed by atoms with Crippen LogP contribution in [0, 0.1) is 18.8 Å². The molecule has 0 bridgehead atoms. The number of aliphatic carboxylic acids is 8. The number of ketones is 4. The summed E-state index contributed by atoms with van der Waals surface area (Å²) >= 11 is 0. The van der Waals surface area contributed by atoms with E-state index in [9.17, 15) is 67.4 Å². The lowest BCUT2D eigenvalue weighted by molar-refractivity contribution is -0.193. The van der Waals surface area contributed by atoms with Gasteiger partial charge in [-0.25, -0.2) is 19.2 Å². The van der Waals surface area contributed by atoms with Crippen LogP contribution >= 0.6 is 0 Å². The van der Waals surface area contributed by atoms with Crippen molar-refractivity contribution in [2.45, 2.75) is 92.3 Å². The zero-order chi connectivity index (χ0) is 67.6. The number of aliphatic hydroxyl groups is 2. The molecule has 0 saturated heterocycles. The Hall–Kier alpha value is -11.3. The second-order valence-electron chi connectivity index (χ2n) is 14.9. The van der Waals surface area contributed by atoms with Crippen molar-refractivity contribution in [3.63, 3.8) is 0 Å². The van der Waals surface area contributed by atoms with Crippen molar-refractivity contribution >= 4 is 101 Å². The van der Waals surface area contributed by atoms with Gasteiger partial charge in [0.25, 0.3) is 0 Å². The van der Waals surface area contributed by atoms with Crippen LogP contribution in [0.4, 0.5) is 0 Å². The number of aliphatic hydroxyl groups excluding tert-OH is 1. The largest absolute Gasteiger partial charge is 0.481 e. The lowest BCUT2D eigenvalue weighted by Crippen LogP contribution is -2.42. The van der Waals surface area contributed by atoms with Crippen LogP contribution in [0.5, 0.6) is 0 Å². The van der Waals surface area contributed by atoms with Crippen molar-refractivity contribution in [3.05, 3.63) is 120 Å². The number of aryl methyl sites for hydroxylation is 1. The first kappa shape index (κ1) is 93.1. The fraction of sp³-hybridized carbons (Fsp3) is 0.302. The summed E-state index contributed by atoms with van der Waals surface area (Å²) in [5, 5.41) is 93.4. The van der Waals surface area contributed by atoms with E-state index >= 15 is 0 Å². The van der Waals surface area contributed by atoms with Gasteiger partial charge in [-0.2, -0.15) is 38.4 Å². The van der Waals surface area contributed by atoms with E-state index in [1.165, 1.54) is 19.4 Å². The molecule has 466 valence electrons. The minimum absolute atomic E-state index is 0. The number of aromatic carboxylic acids is 1. The fourth-order valence-electron chi connectivity index (χ4n) is 4.59. The van der Waals surface area contributed by atoms with Gasteiger partial charge in [-0.3, -0.25) is 38.4 Å². The SMILES string of the molecule is C.CC(=O)C(O)C(CC(=O)O)C(=O)O.CC(=O)C/C(=C/C(=O)O)C(=O)O.CC(=O)CC(CC(=O)O)C(=O)O.CC(=O)CC(O)(CC(=O)O)C(=O)O.Cc1ccccc1.O=C(O)c1ccccc1.O=C=O.O=C=O.O=C=O.O=C=O.c1ccccc1. The van der Waals surface area contributed by atoms with E-state index in [0.717, 1.165) is 13.8 Å². The van der Waals surface area contributed by atoms with Crippen molar-refractivity contribution in [1.82, 2.24) is 0 Å². The quantitative estimate of drug-likeness (QED) is 0.0720. The van der Waals surface area contributed by atoms with Crippen LogP contribution in [0.25, 0.3) is 0 Å². The molecule has 0 aliphatic heterocycles. The van der Waals surface area contributed by atoms with Crippen LogP contribution in [0.3, 0.4) is 0 Å². The molecular weight excluding hydrogens is 1150 g/mol. The zero-order valence-electron chi connectivity index (χ0n) is 44.8. The second kappa shape index (κ2) is 60.4. The molecule has 0 fully saturated rings. The Morgan fingerprint density at radius 3 is 1.04 bits per heavy atom. The molecule has 0 aliphatic carbocycles. The van der Waals surface area contributed by atoms with Crippen LogP contribution in [0.1, 0.15) is 89.6 Å². The van der Waals surface area contributed by atoms with Gasteiger partial charge in [0.15, 0.2) is 11.4 Å². The molecule has 0 spiro atoms. The minimum Gasteiger partial charge on any atom is -0.481 e. The molecule has 85 heavy (non-hydrogen) atoms. The average molecular weight is 1210 g/mol. The van der Waals surface area contributed by atoms with Crippen molar-refractivity contribution in [3.8, 4) is 0 Å². The van der Waals surface area contributed by atoms with E-state index in [1.54, 1.807) is 30.3 Å². The van der Waals surface area contributed by atoms with Crippen molar-refractivity contribution in [1.29, 1.82) is 0 Å². The Bertz CT molecular complexity index is 2560. The number of rotatable bonds is 20. The maximum absolute atomic E-state index is 10.6. The Balaban J connectivity index is -0.000000110. The third-order valence-electron chi connectivity index (χ3n) is 7.84. The first-order valence-corrected chi connectivity index (χ1v) is 22.0. The average Bonchev–Trinajstić information content (AvgIpc) is 3.37. The number of Topliss-reactive ketones (excluding diaryl/α,β-unsaturated/α-hetero) is 4. The molecule has 32 heteroatoms. The summed E-state index contributed by atoms with van der Waals surface area (Å²) in [4.78, 5) is 199. The highest BCUT2D eigenvalue weighted by molar-refractivity contribution is 5.99. The van der Waals surface area contributed by atoms with Gasteiger partial charge in [0.2, 0.25) is 0 Å². The van der Waals surface area contributed by atoms with Gasteiger partial charge in [0.05, 0.1) is 36.3 Å². The maximum Gasteiger partial charge on any atom is 0.373 e. The van der Waals surface area contributed by atoms with Gasteiger partial charge in [0, 0.05) is 25.3 Å². The van der Waals surface area contributed by atoms with E-state index < -0.39 is 120 Å². The van der Waals surface area contributed by atoms with Gasteiger partial charge in [-0.05, 0) is 46.8 Å². The monoisotopic (exact) mass is 1210 g/mol. The summed E-state index contributed by atoms with van der Waals surface area (Å²) in [6, 6.07) is 30.6. The van der Waals surface area contributed by atoms with E-state index in [-0.39, 0.29) is 56.4 Å². The Morgan fingerprint density at radius 1 is 0.482 bits per heavy atom. The molecule has 0 saturated carbocycles. The van der Waals surface area contributed by atoms with Gasteiger partial charge in [0.1, 0.15) is 29.4 Å². The second-order valence-corrected chi connectivity index (χ2v) is 14.9. The highest BCUT2D eigenvalue weighted by atomic mass is 16.4. The molecule has 32 nitrogen and oxygen atoms in total. The van der Waals surface area contributed by atoms with Crippen LogP contribution in [0.15, 0.2) is 109 Å². The number of carboxylic acid groups (broad SMARTS) is 9. The molecule has 0 aliphatic rings. The highest BCUT2D eigenvalue weighted by Gasteiger charge is 2.39. The molecule has 0 heterocycles. The van der Waals surface area contributed by atoms with Gasteiger partial charge in [-0.15, -0.1) is 0 Å². The summed E-state index contributed by atoms with van der Waals surface area (Å²) < 4.78 is 0. The maximum atomic E-state index is 10.6. The van der Waals surface area contributed by atoms with E-state index in [4.69, 9.17) is 89.4 Å². The van der Waals surface area contributed by atoms with Gasteiger partial charge < -0.3 is 61.0 Å². The topological polar surface area (TPSA) is 581 Å². The first-order valence-electron chi connectivity index (χ1n) is 22.0. The molecule has 3 aromatic carbocycles. The Kier molecular flexibility index (Phi) is 66.1. The number of carboxylic acids is 9. The molecular formula is C53H62O32. The minimum atomic E-state index is -2.49. The first-order chi connectivity index (χ1) is 38.9. The molecule has 4 atom stereocenters. The third kappa shape index (κ3) is 72.8. The molecule has 3 aromatic rings. The van der Waals surface area contributed by atoms with E-state index in [0.29, 0.717) is 11.6 Å². The summed E-state index contributed by atoms with van der Waals surface area (Å²) in [5.41, 5.74) is -1.24. The van der Waals surface area contributed by atoms with Crippen molar-refractivity contribution < 1.29 is 157 Å². The van der Waals surface area contributed by atoms with Crippen LogP contribution < -0.4 is 0 Å². The number of hydrogen-bond donors (Lipinski definition) is 11. The summed E-state index contributed by atoms with van der Waals surface area (Å²) in [6.45, 7) is 6.59. The molecule has 0 amide bonds. The number of carbonyl (C=O) groups excluding carboxylic acids is 12. The summed E-state index contributed by atoms with van der Waals surface area (Å²) in [7, 11) is 0. The van der Waals surface area contributed by atoms with Crippen LogP contribution in [-0.2, 0) is 95.9 Å². The Morgan fingerprint density at radius 2 is 0.835 bits per heavy atom. The molecule has 0 radical (unpaired) electrons. The number of benzene rings is 3. The molecule has 11 N–H and O–H groups in total. The zero-order valence-corrected chi connectivity index (χ0v) is 44.8. The summed E-state index contributed by atoms with van der Waals surface area (Å²) in [5.74, 6) is -16.8. The number of carbonyl (C=O) groups is 13. The predicted molar refractivity (Wildman–Crippen MR) is 275 cm³/mol. The normalized spacial score (nSPS) is 10.3. The fourth-order valence-corrected chi connectivity index (χ4v) is 4.59. The third-order valence-corrected chi connectivity index (χ3v) is 7.84. The van der Waals surface area contributed by atoms with Crippen molar-refractivity contribution in [2.75, 3.05) is 0 Å². The van der Waals surface area contributed by atoms with E-state index in [1.807, 2.05) is 54.6 Å². The van der Waals surface area contributed by atoms with Gasteiger partial charge >= 0.3 is 78.3 Å².